The van der Waals surface area contributed by atoms with Crippen LogP contribution < -0.4 is 31.8 Å². The number of hydrogen-bond acceptors (Lipinski definition) is 1. The number of aliphatic hydroxyl groups excluding tert-OH is 1. The van der Waals surface area contributed by atoms with Crippen molar-refractivity contribution < 1.29 is 5.11 Å². The molecule has 0 saturated heterocycles. The predicted molar refractivity (Wildman–Crippen MR) is 195 cm³/mol. The Morgan fingerprint density at radius 3 is 0.955 bits per heavy atom. The summed E-state index contributed by atoms with van der Waals surface area (Å²) in [6.45, 7) is 4.74. The maximum atomic E-state index is 12.3. The molecule has 0 fully saturated rings. The molecule has 0 amide bonds. The average molecular weight is 607 g/mol. The summed E-state index contributed by atoms with van der Waals surface area (Å²) in [4.78, 5) is 0. The zero-order chi connectivity index (χ0) is 30.2. The molecule has 0 aromatic heterocycles. The van der Waals surface area contributed by atoms with E-state index in [2.05, 4.69) is 170 Å². The molecule has 6 aromatic carbocycles. The van der Waals surface area contributed by atoms with Crippen molar-refractivity contribution in [3.8, 4) is 0 Å². The van der Waals surface area contributed by atoms with E-state index in [1.807, 2.05) is 24.3 Å². The molecular formula is C41H36OP2+2. The molecule has 214 valence electrons. The highest BCUT2D eigenvalue weighted by atomic mass is 31.2. The van der Waals surface area contributed by atoms with Gasteiger partial charge in [0.2, 0.25) is 0 Å². The Labute approximate surface area is 262 Å². The molecule has 1 nitrogen and oxygen atoms in total. The summed E-state index contributed by atoms with van der Waals surface area (Å²) in [6.07, 6.45) is 1.12. The summed E-state index contributed by atoms with van der Waals surface area (Å²) in [5.74, 6) is 2.29. The van der Waals surface area contributed by atoms with Gasteiger partial charge in [-0.25, -0.2) is 0 Å². The van der Waals surface area contributed by atoms with E-state index in [0.29, 0.717) is 0 Å². The van der Waals surface area contributed by atoms with Gasteiger partial charge in [0.1, 0.15) is 57.8 Å². The van der Waals surface area contributed by atoms with Crippen molar-refractivity contribution >= 4 is 46.4 Å². The highest BCUT2D eigenvalue weighted by molar-refractivity contribution is 7.99. The lowest BCUT2D eigenvalue weighted by molar-refractivity contribution is 0.268. The van der Waals surface area contributed by atoms with E-state index in [9.17, 15) is 5.11 Å². The minimum atomic E-state index is -2.48. The van der Waals surface area contributed by atoms with Crippen LogP contribution in [0.25, 0.3) is 0 Å². The summed E-state index contributed by atoms with van der Waals surface area (Å²) >= 11 is 0. The number of benzene rings is 6. The minimum absolute atomic E-state index is 0.810. The summed E-state index contributed by atoms with van der Waals surface area (Å²) in [7, 11) is -4.77. The average Bonchev–Trinajstić information content (AvgIpc) is 3.11. The molecule has 6 aromatic rings. The molecule has 0 spiro atoms. The first kappa shape index (κ1) is 29.7. The van der Waals surface area contributed by atoms with E-state index in [1.54, 1.807) is 0 Å². The quantitative estimate of drug-likeness (QED) is 0.162. The van der Waals surface area contributed by atoms with Crippen LogP contribution in [0.1, 0.15) is 0 Å². The fraction of sp³-hybridized carbons (Fsp3) is 0.0244. The Bertz CT molecular complexity index is 1610. The van der Waals surface area contributed by atoms with Gasteiger partial charge in [-0.3, -0.25) is 0 Å². The molecule has 0 saturated carbocycles. The standard InChI is InChI=1S/C41H36OP2/c1-34(44(38-26-14-5-15-27-38,39-28-16-6-17-29-39)40-30-18-7-19-31-40)41(42)32-33-43(35-20-8-2-9-21-35,36-22-10-3-11-23-36)37-24-12-4-13-25-37/h2-33,41-42H,1H2/q+2/t41-/m0/s1. The molecule has 3 heteroatoms. The summed E-state index contributed by atoms with van der Waals surface area (Å²) < 4.78 is 0. The molecule has 0 bridgehead atoms. The Morgan fingerprint density at radius 1 is 0.432 bits per heavy atom. The topological polar surface area (TPSA) is 20.2 Å². The predicted octanol–water partition coefficient (Wildman–Crippen LogP) is 7.36. The first-order chi connectivity index (χ1) is 21.7. The Hall–Kier alpha value is -4.38. The molecule has 1 N–H and O–H groups in total. The van der Waals surface area contributed by atoms with Gasteiger partial charge in [0.15, 0.2) is 0 Å². The van der Waals surface area contributed by atoms with E-state index < -0.39 is 20.6 Å². The van der Waals surface area contributed by atoms with Gasteiger partial charge in [-0.1, -0.05) is 116 Å². The largest absolute Gasteiger partial charge is 0.381 e. The van der Waals surface area contributed by atoms with E-state index in [-0.39, 0.29) is 0 Å². The van der Waals surface area contributed by atoms with Crippen LogP contribution in [0, 0.1) is 0 Å². The van der Waals surface area contributed by atoms with Crippen LogP contribution in [-0.2, 0) is 0 Å². The molecule has 1 atom stereocenters. The van der Waals surface area contributed by atoms with Crippen molar-refractivity contribution in [3.05, 3.63) is 206 Å². The Kier molecular flexibility index (Phi) is 9.11. The maximum Gasteiger partial charge on any atom is 0.142 e. The molecule has 0 aliphatic rings. The minimum Gasteiger partial charge on any atom is -0.381 e. The fourth-order valence-electron chi connectivity index (χ4n) is 6.11. The molecule has 0 aliphatic heterocycles. The Balaban J connectivity index is 1.56. The van der Waals surface area contributed by atoms with Gasteiger partial charge in [0, 0.05) is 0 Å². The van der Waals surface area contributed by atoms with Crippen LogP contribution >= 0.6 is 14.5 Å². The normalized spacial score (nSPS) is 12.6. The van der Waals surface area contributed by atoms with Crippen LogP contribution in [0.3, 0.4) is 0 Å². The zero-order valence-corrected chi connectivity index (χ0v) is 26.4. The molecular weight excluding hydrogens is 570 g/mol. The van der Waals surface area contributed by atoms with E-state index in [4.69, 9.17) is 6.58 Å². The van der Waals surface area contributed by atoms with Gasteiger partial charge < -0.3 is 5.11 Å². The summed E-state index contributed by atoms with van der Waals surface area (Å²) in [5, 5.41) is 20.3. The lowest BCUT2D eigenvalue weighted by Crippen LogP contribution is -2.35. The van der Waals surface area contributed by atoms with Crippen LogP contribution in [0.15, 0.2) is 206 Å². The third kappa shape index (κ3) is 5.52. The van der Waals surface area contributed by atoms with Gasteiger partial charge >= 0.3 is 0 Å². The fourth-order valence-corrected chi connectivity index (χ4v) is 14.1. The third-order valence-corrected chi connectivity index (χ3v) is 16.5. The van der Waals surface area contributed by atoms with Gasteiger partial charge in [-0.15, -0.1) is 0 Å². The first-order valence-corrected chi connectivity index (χ1v) is 18.5. The lowest BCUT2D eigenvalue weighted by Gasteiger charge is -2.30. The molecule has 0 heterocycles. The first-order valence-electron chi connectivity index (χ1n) is 14.9. The van der Waals surface area contributed by atoms with Gasteiger partial charge in [-0.05, 0) is 78.9 Å². The van der Waals surface area contributed by atoms with Crippen molar-refractivity contribution in [2.24, 2.45) is 0 Å². The SMILES string of the molecule is C=C([C@@H](O)C=C[P+](c1ccccc1)(c1ccccc1)c1ccccc1)[P+](c1ccccc1)(c1ccccc1)c1ccccc1. The van der Waals surface area contributed by atoms with Crippen molar-refractivity contribution in [2.45, 2.75) is 6.10 Å². The van der Waals surface area contributed by atoms with Crippen molar-refractivity contribution in [1.29, 1.82) is 0 Å². The smallest absolute Gasteiger partial charge is 0.142 e. The number of aliphatic hydroxyl groups is 1. The van der Waals surface area contributed by atoms with E-state index in [1.165, 1.54) is 31.8 Å². The molecule has 44 heavy (non-hydrogen) atoms. The number of rotatable bonds is 10. The van der Waals surface area contributed by atoms with Crippen LogP contribution in [0.4, 0.5) is 0 Å². The lowest BCUT2D eigenvalue weighted by atomic mass is 10.3. The van der Waals surface area contributed by atoms with Crippen molar-refractivity contribution in [1.82, 2.24) is 0 Å². The second-order valence-corrected chi connectivity index (χ2v) is 17.4. The van der Waals surface area contributed by atoms with Crippen LogP contribution in [-0.4, -0.2) is 11.2 Å². The molecule has 6 rings (SSSR count). The summed E-state index contributed by atoms with van der Waals surface area (Å²) in [5.41, 5.74) is 0. The molecule has 0 aliphatic carbocycles. The third-order valence-electron chi connectivity index (χ3n) is 8.19. The van der Waals surface area contributed by atoms with Gasteiger partial charge in [0.05, 0.1) is 5.82 Å². The maximum absolute atomic E-state index is 12.3. The van der Waals surface area contributed by atoms with Crippen molar-refractivity contribution in [3.63, 3.8) is 0 Å². The highest BCUT2D eigenvalue weighted by Gasteiger charge is 2.51. The van der Waals surface area contributed by atoms with Crippen molar-refractivity contribution in [2.75, 3.05) is 0 Å². The highest BCUT2D eigenvalue weighted by Crippen LogP contribution is 2.63. The van der Waals surface area contributed by atoms with E-state index >= 15 is 0 Å². The molecule has 0 unspecified atom stereocenters. The summed E-state index contributed by atoms with van der Waals surface area (Å²) in [6, 6.07) is 63.9. The van der Waals surface area contributed by atoms with Gasteiger partial charge in [0.25, 0.3) is 0 Å². The second kappa shape index (κ2) is 13.5. The molecule has 0 radical (unpaired) electrons. The number of hydrogen-bond donors (Lipinski definition) is 1. The Morgan fingerprint density at radius 2 is 0.682 bits per heavy atom. The van der Waals surface area contributed by atoms with E-state index in [0.717, 1.165) is 5.31 Å². The van der Waals surface area contributed by atoms with Gasteiger partial charge in [-0.2, -0.15) is 0 Å². The zero-order valence-electron chi connectivity index (χ0n) is 24.6. The van der Waals surface area contributed by atoms with Crippen LogP contribution in [0.2, 0.25) is 0 Å². The second-order valence-electron chi connectivity index (χ2n) is 10.7. The van der Waals surface area contributed by atoms with Crippen LogP contribution in [0.5, 0.6) is 0 Å². The monoisotopic (exact) mass is 606 g/mol.